The number of hydrogen-bond acceptors (Lipinski definition) is 5. The molecule has 2 aromatic carbocycles. The van der Waals surface area contributed by atoms with E-state index in [0.717, 1.165) is 53.9 Å². The molecular weight excluding hydrogens is 360 g/mol. The Kier molecular flexibility index (Phi) is 5.31. The van der Waals surface area contributed by atoms with Gasteiger partial charge in [0, 0.05) is 24.5 Å². The van der Waals surface area contributed by atoms with Gasteiger partial charge in [0.25, 0.3) is 0 Å². The van der Waals surface area contributed by atoms with Crippen LogP contribution in [0.4, 0.5) is 11.4 Å². The van der Waals surface area contributed by atoms with Crippen LogP contribution in [-0.2, 0) is 9.53 Å². The Morgan fingerprint density at radius 3 is 2.78 bits per heavy atom. The number of hydrogen-bond donors (Lipinski definition) is 2. The second-order valence-corrected chi connectivity index (χ2v) is 7.51. The highest BCUT2D eigenvalue weighted by atomic mass is 32.2. The Bertz CT molecular complexity index is 933. The standard InChI is InChI=1S/C20H22N4O2S/c1-14-2-7-17-18(12-14)23-20(22-17)27-13-19(25)21-15-3-5-16(6-4-15)24-8-10-26-11-9-24/h2-7,12H,8-11,13H2,1H3,(H,21,25)(H,22,23). The number of H-pyrrole nitrogens is 1. The lowest BCUT2D eigenvalue weighted by molar-refractivity contribution is -0.113. The maximum Gasteiger partial charge on any atom is 0.234 e. The second-order valence-electron chi connectivity index (χ2n) is 6.55. The number of amides is 1. The highest BCUT2D eigenvalue weighted by molar-refractivity contribution is 7.99. The Morgan fingerprint density at radius 1 is 1.22 bits per heavy atom. The predicted molar refractivity (Wildman–Crippen MR) is 110 cm³/mol. The third-order valence-electron chi connectivity index (χ3n) is 4.48. The summed E-state index contributed by atoms with van der Waals surface area (Å²) >= 11 is 1.40. The van der Waals surface area contributed by atoms with E-state index in [-0.39, 0.29) is 5.91 Å². The SMILES string of the molecule is Cc1ccc2nc(SCC(=O)Nc3ccc(N4CCOCC4)cc3)[nH]c2c1. The molecule has 0 atom stereocenters. The van der Waals surface area contributed by atoms with Crippen LogP contribution < -0.4 is 10.2 Å². The first kappa shape index (κ1) is 17.9. The normalized spacial score (nSPS) is 14.5. The Morgan fingerprint density at radius 2 is 2.00 bits per heavy atom. The molecule has 1 fully saturated rings. The maximum atomic E-state index is 12.2. The summed E-state index contributed by atoms with van der Waals surface area (Å²) in [6, 6.07) is 14.0. The third-order valence-corrected chi connectivity index (χ3v) is 5.36. The van der Waals surface area contributed by atoms with E-state index in [9.17, 15) is 4.79 Å². The molecule has 140 valence electrons. The van der Waals surface area contributed by atoms with Crippen LogP contribution in [0, 0.1) is 6.92 Å². The highest BCUT2D eigenvalue weighted by Crippen LogP contribution is 2.22. The smallest absolute Gasteiger partial charge is 0.234 e. The molecule has 1 aromatic heterocycles. The van der Waals surface area contributed by atoms with Crippen molar-refractivity contribution in [1.82, 2.24) is 9.97 Å². The van der Waals surface area contributed by atoms with E-state index >= 15 is 0 Å². The van der Waals surface area contributed by atoms with E-state index in [1.165, 1.54) is 17.3 Å². The number of carbonyl (C=O) groups excluding carboxylic acids is 1. The first-order valence-electron chi connectivity index (χ1n) is 8.99. The minimum absolute atomic E-state index is 0.0456. The fraction of sp³-hybridized carbons (Fsp3) is 0.300. The van der Waals surface area contributed by atoms with Crippen LogP contribution in [0.15, 0.2) is 47.6 Å². The minimum Gasteiger partial charge on any atom is -0.378 e. The fourth-order valence-electron chi connectivity index (χ4n) is 3.08. The molecule has 27 heavy (non-hydrogen) atoms. The Hall–Kier alpha value is -2.51. The number of thioether (sulfide) groups is 1. The average molecular weight is 382 g/mol. The molecule has 2 N–H and O–H groups in total. The molecule has 1 amide bonds. The number of imidazole rings is 1. The van der Waals surface area contributed by atoms with Crippen LogP contribution >= 0.6 is 11.8 Å². The zero-order valence-electron chi connectivity index (χ0n) is 15.2. The summed E-state index contributed by atoms with van der Waals surface area (Å²) < 4.78 is 5.38. The number of rotatable bonds is 5. The van der Waals surface area contributed by atoms with E-state index in [0.29, 0.717) is 5.75 Å². The maximum absolute atomic E-state index is 12.2. The third kappa shape index (κ3) is 4.43. The van der Waals surface area contributed by atoms with Crippen LogP contribution in [0.25, 0.3) is 11.0 Å². The van der Waals surface area contributed by atoms with Gasteiger partial charge in [-0.15, -0.1) is 0 Å². The number of aromatic nitrogens is 2. The zero-order valence-corrected chi connectivity index (χ0v) is 16.0. The van der Waals surface area contributed by atoms with E-state index in [4.69, 9.17) is 4.74 Å². The van der Waals surface area contributed by atoms with Crippen LogP contribution in [0.1, 0.15) is 5.56 Å². The topological polar surface area (TPSA) is 70.2 Å². The molecule has 2 heterocycles. The van der Waals surface area contributed by atoms with Crippen molar-refractivity contribution in [2.24, 2.45) is 0 Å². The van der Waals surface area contributed by atoms with Gasteiger partial charge < -0.3 is 19.9 Å². The molecule has 0 unspecified atom stereocenters. The number of ether oxygens (including phenoxy) is 1. The monoisotopic (exact) mass is 382 g/mol. The number of aryl methyl sites for hydroxylation is 1. The molecule has 3 aromatic rings. The van der Waals surface area contributed by atoms with Crippen LogP contribution in [-0.4, -0.2) is 47.9 Å². The predicted octanol–water partition coefficient (Wildman–Crippen LogP) is 3.44. The van der Waals surface area contributed by atoms with Crippen molar-refractivity contribution in [3.63, 3.8) is 0 Å². The van der Waals surface area contributed by atoms with Crippen LogP contribution in [0.3, 0.4) is 0 Å². The number of benzene rings is 2. The Labute approximate surface area is 162 Å². The molecule has 7 heteroatoms. The average Bonchev–Trinajstić information content (AvgIpc) is 3.10. The molecule has 1 aliphatic heterocycles. The minimum atomic E-state index is -0.0456. The second kappa shape index (κ2) is 8.02. The van der Waals surface area contributed by atoms with Gasteiger partial charge in [0.05, 0.1) is 30.0 Å². The summed E-state index contributed by atoms with van der Waals surface area (Å²) in [7, 11) is 0. The largest absolute Gasteiger partial charge is 0.378 e. The van der Waals surface area contributed by atoms with Gasteiger partial charge >= 0.3 is 0 Å². The fourth-order valence-corrected chi connectivity index (χ4v) is 3.76. The van der Waals surface area contributed by atoms with Gasteiger partial charge in [0.1, 0.15) is 0 Å². The highest BCUT2D eigenvalue weighted by Gasteiger charge is 2.12. The number of anilines is 2. The van der Waals surface area contributed by atoms with Gasteiger partial charge in [-0.05, 0) is 48.9 Å². The van der Waals surface area contributed by atoms with Gasteiger partial charge in [0.2, 0.25) is 5.91 Å². The molecule has 4 rings (SSSR count). The van der Waals surface area contributed by atoms with Crippen molar-refractivity contribution in [3.05, 3.63) is 48.0 Å². The van der Waals surface area contributed by atoms with Crippen LogP contribution in [0.5, 0.6) is 0 Å². The summed E-state index contributed by atoms with van der Waals surface area (Å²) in [5, 5.41) is 3.70. The number of aromatic amines is 1. The summed E-state index contributed by atoms with van der Waals surface area (Å²) in [6.07, 6.45) is 0. The summed E-state index contributed by atoms with van der Waals surface area (Å²) in [6.45, 7) is 5.37. The number of morpholine rings is 1. The number of nitrogens with zero attached hydrogens (tertiary/aromatic N) is 2. The summed E-state index contributed by atoms with van der Waals surface area (Å²) in [4.78, 5) is 22.3. The quantitative estimate of drug-likeness (QED) is 0.662. The summed E-state index contributed by atoms with van der Waals surface area (Å²) in [5.41, 5.74) is 5.06. The molecule has 6 nitrogen and oxygen atoms in total. The van der Waals surface area contributed by atoms with Crippen LogP contribution in [0.2, 0.25) is 0 Å². The van der Waals surface area contributed by atoms with E-state index in [2.05, 4.69) is 26.3 Å². The van der Waals surface area contributed by atoms with Crippen molar-refractivity contribution in [2.45, 2.75) is 12.1 Å². The summed E-state index contributed by atoms with van der Waals surface area (Å²) in [5.74, 6) is 0.264. The number of nitrogens with one attached hydrogen (secondary N) is 2. The lowest BCUT2D eigenvalue weighted by Crippen LogP contribution is -2.36. The molecule has 1 saturated heterocycles. The van der Waals surface area contributed by atoms with Gasteiger partial charge in [-0.3, -0.25) is 4.79 Å². The van der Waals surface area contributed by atoms with E-state index in [1.807, 2.05) is 43.3 Å². The lowest BCUT2D eigenvalue weighted by Gasteiger charge is -2.28. The number of fused-ring (bicyclic) bond motifs is 1. The van der Waals surface area contributed by atoms with Crippen molar-refractivity contribution < 1.29 is 9.53 Å². The van der Waals surface area contributed by atoms with E-state index in [1.54, 1.807) is 0 Å². The van der Waals surface area contributed by atoms with E-state index < -0.39 is 0 Å². The molecule has 1 aliphatic rings. The first-order valence-corrected chi connectivity index (χ1v) is 9.98. The zero-order chi connectivity index (χ0) is 18.6. The number of carbonyl (C=O) groups is 1. The molecule has 0 saturated carbocycles. The molecule has 0 bridgehead atoms. The molecular formula is C20H22N4O2S. The van der Waals surface area contributed by atoms with Gasteiger partial charge in [0.15, 0.2) is 5.16 Å². The van der Waals surface area contributed by atoms with Gasteiger partial charge in [-0.1, -0.05) is 17.8 Å². The first-order chi connectivity index (χ1) is 13.2. The lowest BCUT2D eigenvalue weighted by atomic mass is 10.2. The van der Waals surface area contributed by atoms with Crippen molar-refractivity contribution in [3.8, 4) is 0 Å². The van der Waals surface area contributed by atoms with Crippen molar-refractivity contribution >= 4 is 40.1 Å². The van der Waals surface area contributed by atoms with Crippen molar-refractivity contribution in [1.29, 1.82) is 0 Å². The molecule has 0 spiro atoms. The van der Waals surface area contributed by atoms with Gasteiger partial charge in [-0.25, -0.2) is 4.98 Å². The molecule has 0 aliphatic carbocycles. The molecule has 0 radical (unpaired) electrons. The van der Waals surface area contributed by atoms with Crippen molar-refractivity contribution in [2.75, 3.05) is 42.3 Å². The Balaban J connectivity index is 1.31. The van der Waals surface area contributed by atoms with Gasteiger partial charge in [-0.2, -0.15) is 0 Å².